The number of nitrogens with zero attached hydrogens (tertiary/aromatic N) is 6. The number of halogens is 1. The molecule has 164 valence electrons. The Morgan fingerprint density at radius 2 is 1.81 bits per heavy atom. The largest absolute Gasteiger partial charge is 0.346 e. The van der Waals surface area contributed by atoms with Gasteiger partial charge in [0.15, 0.2) is 10.9 Å². The lowest BCUT2D eigenvalue weighted by Crippen LogP contribution is -2.49. The van der Waals surface area contributed by atoms with Crippen molar-refractivity contribution >= 4 is 23.1 Å². The minimum atomic E-state index is -0.224. The minimum Gasteiger partial charge on any atom is -0.346 e. The summed E-state index contributed by atoms with van der Waals surface area (Å²) in [6.45, 7) is 9.98. The van der Waals surface area contributed by atoms with E-state index in [-0.39, 0.29) is 5.82 Å². The van der Waals surface area contributed by atoms with Crippen LogP contribution in [0.3, 0.4) is 0 Å². The van der Waals surface area contributed by atoms with Gasteiger partial charge in [0.05, 0.1) is 12.2 Å². The third-order valence-corrected chi connectivity index (χ3v) is 5.95. The van der Waals surface area contributed by atoms with Crippen molar-refractivity contribution in [2.75, 3.05) is 31.5 Å². The van der Waals surface area contributed by atoms with Crippen molar-refractivity contribution in [1.29, 1.82) is 0 Å². The molecule has 0 saturated carbocycles. The molecule has 9 heteroatoms. The van der Waals surface area contributed by atoms with E-state index in [9.17, 15) is 4.39 Å². The van der Waals surface area contributed by atoms with Crippen LogP contribution in [0.1, 0.15) is 23.7 Å². The molecular formula is C22H28FN7S. The van der Waals surface area contributed by atoms with Gasteiger partial charge in [0, 0.05) is 68.9 Å². The Balaban J connectivity index is 1.27. The number of anilines is 1. The van der Waals surface area contributed by atoms with E-state index < -0.39 is 0 Å². The van der Waals surface area contributed by atoms with Crippen molar-refractivity contribution < 1.29 is 4.39 Å². The normalized spacial score (nSPS) is 14.7. The van der Waals surface area contributed by atoms with Crippen LogP contribution in [-0.4, -0.2) is 60.7 Å². The highest BCUT2D eigenvalue weighted by Crippen LogP contribution is 2.14. The lowest BCUT2D eigenvalue weighted by Gasteiger charge is -2.35. The number of piperazine rings is 1. The summed E-state index contributed by atoms with van der Waals surface area (Å²) < 4.78 is 17.6. The summed E-state index contributed by atoms with van der Waals surface area (Å²) in [6, 6.07) is 8.60. The van der Waals surface area contributed by atoms with Gasteiger partial charge in [-0.1, -0.05) is 18.2 Å². The molecule has 1 aliphatic rings. The van der Waals surface area contributed by atoms with E-state index in [1.165, 1.54) is 11.6 Å². The van der Waals surface area contributed by atoms with Crippen LogP contribution >= 0.6 is 12.2 Å². The van der Waals surface area contributed by atoms with Crippen molar-refractivity contribution in [2.24, 2.45) is 0 Å². The summed E-state index contributed by atoms with van der Waals surface area (Å²) >= 11 is 5.60. The van der Waals surface area contributed by atoms with Crippen molar-refractivity contribution in [3.8, 4) is 0 Å². The Kier molecular flexibility index (Phi) is 6.62. The number of aryl methyl sites for hydroxylation is 2. The smallest absolute Gasteiger partial charge is 0.174 e. The van der Waals surface area contributed by atoms with E-state index in [1.807, 2.05) is 23.0 Å². The van der Waals surface area contributed by atoms with Gasteiger partial charge in [0.25, 0.3) is 0 Å². The first-order valence-electron chi connectivity index (χ1n) is 10.6. The Morgan fingerprint density at radius 3 is 2.52 bits per heavy atom. The molecule has 4 rings (SSSR count). The standard InChI is InChI=1S/C22H28FN7S/c1-3-29-16-19(17(2)25-29)14-27-10-12-28(13-11-27)22(31)24-21-8-9-30(26-21)15-18-6-4-5-7-20(18)23/h4-9,16H,3,10-15H2,1-2H3,(H,24,26,31). The maximum absolute atomic E-state index is 13.9. The van der Waals surface area contributed by atoms with Crippen LogP contribution in [0.5, 0.6) is 0 Å². The molecule has 1 saturated heterocycles. The van der Waals surface area contributed by atoms with E-state index in [4.69, 9.17) is 12.2 Å². The van der Waals surface area contributed by atoms with Crippen LogP contribution in [0.25, 0.3) is 0 Å². The number of rotatable bonds is 6. The first-order chi connectivity index (χ1) is 15.0. The first kappa shape index (κ1) is 21.5. The van der Waals surface area contributed by atoms with Crippen LogP contribution in [0.15, 0.2) is 42.7 Å². The van der Waals surface area contributed by atoms with E-state index in [2.05, 4.69) is 45.4 Å². The summed E-state index contributed by atoms with van der Waals surface area (Å²) in [7, 11) is 0. The highest BCUT2D eigenvalue weighted by atomic mass is 32.1. The van der Waals surface area contributed by atoms with Crippen LogP contribution < -0.4 is 5.32 Å². The fraction of sp³-hybridized carbons (Fsp3) is 0.409. The van der Waals surface area contributed by atoms with Gasteiger partial charge in [-0.15, -0.1) is 0 Å². The van der Waals surface area contributed by atoms with E-state index in [1.54, 1.807) is 16.8 Å². The second kappa shape index (κ2) is 9.57. The van der Waals surface area contributed by atoms with Gasteiger partial charge in [0.1, 0.15) is 5.82 Å². The maximum atomic E-state index is 13.9. The topological polar surface area (TPSA) is 54.1 Å². The molecule has 7 nitrogen and oxygen atoms in total. The molecule has 1 N–H and O–H groups in total. The molecule has 2 aromatic heterocycles. The summed E-state index contributed by atoms with van der Waals surface area (Å²) in [4.78, 5) is 4.61. The molecule has 0 radical (unpaired) electrons. The number of benzene rings is 1. The van der Waals surface area contributed by atoms with E-state index in [0.717, 1.165) is 45.0 Å². The number of hydrogen-bond donors (Lipinski definition) is 1. The maximum Gasteiger partial charge on any atom is 0.174 e. The van der Waals surface area contributed by atoms with Crippen LogP contribution in [0.4, 0.5) is 10.2 Å². The van der Waals surface area contributed by atoms with Gasteiger partial charge < -0.3 is 10.2 Å². The Hall–Kier alpha value is -2.78. The molecule has 1 aromatic carbocycles. The van der Waals surface area contributed by atoms with Crippen LogP contribution in [0, 0.1) is 12.7 Å². The lowest BCUT2D eigenvalue weighted by atomic mass is 10.2. The highest BCUT2D eigenvalue weighted by Gasteiger charge is 2.20. The van der Waals surface area contributed by atoms with Crippen LogP contribution in [-0.2, 0) is 19.6 Å². The van der Waals surface area contributed by atoms with E-state index in [0.29, 0.717) is 23.0 Å². The van der Waals surface area contributed by atoms with Crippen LogP contribution in [0.2, 0.25) is 0 Å². The molecule has 1 fully saturated rings. The molecule has 0 aliphatic carbocycles. The second-order valence-electron chi connectivity index (χ2n) is 7.78. The SMILES string of the molecule is CCn1cc(CN2CCN(C(=S)Nc3ccn(Cc4ccccc4F)n3)CC2)c(C)n1. The lowest BCUT2D eigenvalue weighted by molar-refractivity contribution is 0.176. The van der Waals surface area contributed by atoms with E-state index >= 15 is 0 Å². The number of hydrogen-bond acceptors (Lipinski definition) is 4. The average molecular weight is 442 g/mol. The summed E-state index contributed by atoms with van der Waals surface area (Å²) in [5.41, 5.74) is 3.00. The molecule has 0 spiro atoms. The van der Waals surface area contributed by atoms with Crippen molar-refractivity contribution in [3.63, 3.8) is 0 Å². The molecule has 3 heterocycles. The molecular weight excluding hydrogens is 413 g/mol. The van der Waals surface area contributed by atoms with Gasteiger partial charge >= 0.3 is 0 Å². The fourth-order valence-corrected chi connectivity index (χ4v) is 4.02. The highest BCUT2D eigenvalue weighted by molar-refractivity contribution is 7.80. The van der Waals surface area contributed by atoms with Crippen molar-refractivity contribution in [2.45, 2.75) is 33.5 Å². The Morgan fingerprint density at radius 1 is 1.03 bits per heavy atom. The zero-order chi connectivity index (χ0) is 21.8. The van der Waals surface area contributed by atoms with Gasteiger partial charge in [-0.05, 0) is 32.1 Å². The van der Waals surface area contributed by atoms with Gasteiger partial charge in [0.2, 0.25) is 0 Å². The number of thiocarbonyl (C=S) groups is 1. The Bertz CT molecular complexity index is 1040. The quantitative estimate of drug-likeness (QED) is 0.594. The predicted molar refractivity (Wildman–Crippen MR) is 123 cm³/mol. The number of nitrogens with one attached hydrogen (secondary N) is 1. The molecule has 0 amide bonds. The summed E-state index contributed by atoms with van der Waals surface area (Å²) in [6.07, 6.45) is 3.97. The molecule has 0 unspecified atom stereocenters. The Labute approximate surface area is 187 Å². The molecule has 3 aromatic rings. The first-order valence-corrected chi connectivity index (χ1v) is 11.0. The van der Waals surface area contributed by atoms with Gasteiger partial charge in [-0.25, -0.2) is 4.39 Å². The van der Waals surface area contributed by atoms with Crippen molar-refractivity contribution in [3.05, 3.63) is 65.4 Å². The number of aromatic nitrogens is 4. The molecule has 31 heavy (non-hydrogen) atoms. The third kappa shape index (κ3) is 5.29. The average Bonchev–Trinajstić information content (AvgIpc) is 3.36. The monoisotopic (exact) mass is 441 g/mol. The molecule has 0 atom stereocenters. The summed E-state index contributed by atoms with van der Waals surface area (Å²) in [5.74, 6) is 0.449. The van der Waals surface area contributed by atoms with Gasteiger partial charge in [-0.3, -0.25) is 14.3 Å². The zero-order valence-electron chi connectivity index (χ0n) is 18.0. The fourth-order valence-electron chi connectivity index (χ4n) is 3.73. The molecule has 0 bridgehead atoms. The third-order valence-electron chi connectivity index (χ3n) is 5.59. The molecule has 1 aliphatic heterocycles. The summed E-state index contributed by atoms with van der Waals surface area (Å²) in [5, 5.41) is 12.9. The predicted octanol–water partition coefficient (Wildman–Crippen LogP) is 3.11. The van der Waals surface area contributed by atoms with Crippen molar-refractivity contribution in [1.82, 2.24) is 29.4 Å². The van der Waals surface area contributed by atoms with Gasteiger partial charge in [-0.2, -0.15) is 10.2 Å². The second-order valence-corrected chi connectivity index (χ2v) is 8.17. The minimum absolute atomic E-state index is 0.224. The zero-order valence-corrected chi connectivity index (χ0v) is 18.8.